The zero-order chi connectivity index (χ0) is 9.73. The molecule has 1 heterocycles. The van der Waals surface area contributed by atoms with Crippen LogP contribution in [0.1, 0.15) is 19.8 Å². The predicted octanol–water partition coefficient (Wildman–Crippen LogP) is 0.794. The molecule has 1 rings (SSSR count). The first-order valence-electron chi connectivity index (χ1n) is 4.48. The highest BCUT2D eigenvalue weighted by Crippen LogP contribution is 2.25. The summed E-state index contributed by atoms with van der Waals surface area (Å²) in [6.45, 7) is 3.73. The Labute approximate surface area is 80.9 Å². The molecular formula is C8H16O4S. The summed E-state index contributed by atoms with van der Waals surface area (Å²) in [5.74, 6) is 0.199. The van der Waals surface area contributed by atoms with Crippen molar-refractivity contribution in [3.8, 4) is 0 Å². The molecule has 1 unspecified atom stereocenters. The standard InChI is InChI=1S/C8H16O4S/c1-2-12-8(7-13(9)10)3-5-11-6-4-8/h2-7H2,1H3,(H,9,10). The fraction of sp³-hybridized carbons (Fsp3) is 1.00. The van der Waals surface area contributed by atoms with E-state index in [1.807, 2.05) is 6.92 Å². The molecular weight excluding hydrogens is 192 g/mol. The molecule has 4 nitrogen and oxygen atoms in total. The van der Waals surface area contributed by atoms with Gasteiger partial charge in [-0.3, -0.25) is 0 Å². The van der Waals surface area contributed by atoms with Crippen LogP contribution in [0.3, 0.4) is 0 Å². The summed E-state index contributed by atoms with van der Waals surface area (Å²) in [7, 11) is 0. The molecule has 0 bridgehead atoms. The average Bonchev–Trinajstić information content (AvgIpc) is 2.04. The van der Waals surface area contributed by atoms with Crippen molar-refractivity contribution in [3.05, 3.63) is 0 Å². The van der Waals surface area contributed by atoms with Crippen molar-refractivity contribution < 1.29 is 18.2 Å². The molecule has 1 atom stereocenters. The third-order valence-corrected chi connectivity index (χ3v) is 3.01. The van der Waals surface area contributed by atoms with Crippen LogP contribution in [0, 0.1) is 0 Å². The molecule has 1 saturated heterocycles. The maximum atomic E-state index is 10.7. The molecule has 5 heteroatoms. The third-order valence-electron chi connectivity index (χ3n) is 2.24. The van der Waals surface area contributed by atoms with Crippen LogP contribution in [0.15, 0.2) is 0 Å². The summed E-state index contributed by atoms with van der Waals surface area (Å²) in [6.07, 6.45) is 1.43. The van der Waals surface area contributed by atoms with Crippen molar-refractivity contribution in [1.82, 2.24) is 0 Å². The topological polar surface area (TPSA) is 55.8 Å². The second-order valence-electron chi connectivity index (χ2n) is 3.19. The number of rotatable bonds is 4. The van der Waals surface area contributed by atoms with Crippen LogP contribution < -0.4 is 0 Å². The fourth-order valence-electron chi connectivity index (χ4n) is 1.60. The summed E-state index contributed by atoms with van der Waals surface area (Å²) < 4.78 is 30.3. The summed E-state index contributed by atoms with van der Waals surface area (Å²) in [5.41, 5.74) is -0.424. The Bertz CT molecular complexity index is 171. The molecule has 1 N–H and O–H groups in total. The SMILES string of the molecule is CCOC1(CS(=O)O)CCOCC1. The van der Waals surface area contributed by atoms with Gasteiger partial charge in [-0.2, -0.15) is 0 Å². The van der Waals surface area contributed by atoms with Crippen molar-refractivity contribution in [1.29, 1.82) is 0 Å². The number of hydrogen-bond donors (Lipinski definition) is 1. The Balaban J connectivity index is 2.55. The molecule has 0 aliphatic carbocycles. The summed E-state index contributed by atoms with van der Waals surface area (Å²) in [4.78, 5) is 0. The maximum absolute atomic E-state index is 10.7. The van der Waals surface area contributed by atoms with Gasteiger partial charge < -0.3 is 14.0 Å². The lowest BCUT2D eigenvalue weighted by atomic mass is 9.96. The fourth-order valence-corrected chi connectivity index (χ4v) is 2.43. The molecule has 1 fully saturated rings. The zero-order valence-electron chi connectivity index (χ0n) is 7.82. The zero-order valence-corrected chi connectivity index (χ0v) is 8.64. The van der Waals surface area contributed by atoms with E-state index in [4.69, 9.17) is 14.0 Å². The van der Waals surface area contributed by atoms with Gasteiger partial charge in [0, 0.05) is 32.7 Å². The highest BCUT2D eigenvalue weighted by Gasteiger charge is 2.34. The first-order valence-corrected chi connectivity index (χ1v) is 5.75. The quantitative estimate of drug-likeness (QED) is 0.694. The van der Waals surface area contributed by atoms with Gasteiger partial charge in [0.05, 0.1) is 11.4 Å². The van der Waals surface area contributed by atoms with Crippen molar-refractivity contribution >= 4 is 11.1 Å². The molecule has 0 aromatic heterocycles. The minimum atomic E-state index is -1.78. The highest BCUT2D eigenvalue weighted by atomic mass is 32.2. The van der Waals surface area contributed by atoms with Crippen LogP contribution in [-0.4, -0.2) is 39.9 Å². The normalized spacial score (nSPS) is 24.2. The van der Waals surface area contributed by atoms with Gasteiger partial charge in [0.2, 0.25) is 0 Å². The molecule has 0 spiro atoms. The molecule has 0 aromatic rings. The van der Waals surface area contributed by atoms with Crippen molar-refractivity contribution in [2.75, 3.05) is 25.6 Å². The van der Waals surface area contributed by atoms with Gasteiger partial charge in [-0.25, -0.2) is 4.21 Å². The van der Waals surface area contributed by atoms with Crippen LogP contribution in [0.2, 0.25) is 0 Å². The lowest BCUT2D eigenvalue weighted by Crippen LogP contribution is -2.43. The molecule has 13 heavy (non-hydrogen) atoms. The summed E-state index contributed by atoms with van der Waals surface area (Å²) in [6, 6.07) is 0. The van der Waals surface area contributed by atoms with E-state index >= 15 is 0 Å². The van der Waals surface area contributed by atoms with Gasteiger partial charge in [-0.05, 0) is 6.92 Å². The minimum absolute atomic E-state index is 0.199. The van der Waals surface area contributed by atoms with Gasteiger partial charge >= 0.3 is 0 Å². The summed E-state index contributed by atoms with van der Waals surface area (Å²) in [5, 5.41) is 0. The maximum Gasteiger partial charge on any atom is 0.155 e. The lowest BCUT2D eigenvalue weighted by molar-refractivity contribution is -0.0927. The lowest BCUT2D eigenvalue weighted by Gasteiger charge is -2.35. The summed E-state index contributed by atoms with van der Waals surface area (Å²) >= 11 is -1.78. The molecule has 1 aliphatic heterocycles. The number of hydrogen-bond acceptors (Lipinski definition) is 3. The largest absolute Gasteiger partial charge is 0.381 e. The average molecular weight is 208 g/mol. The smallest absolute Gasteiger partial charge is 0.155 e. The Kier molecular flexibility index (Phi) is 4.31. The van der Waals surface area contributed by atoms with Gasteiger partial charge in [0.15, 0.2) is 11.1 Å². The Morgan fingerprint density at radius 3 is 2.62 bits per heavy atom. The van der Waals surface area contributed by atoms with Crippen LogP contribution in [-0.2, 0) is 20.6 Å². The minimum Gasteiger partial charge on any atom is -0.381 e. The Hall–Kier alpha value is 0.0300. The van der Waals surface area contributed by atoms with Crippen LogP contribution in [0.25, 0.3) is 0 Å². The second kappa shape index (κ2) is 5.05. The first-order chi connectivity index (χ1) is 6.18. The van der Waals surface area contributed by atoms with Crippen molar-refractivity contribution in [2.45, 2.75) is 25.4 Å². The van der Waals surface area contributed by atoms with E-state index < -0.39 is 16.7 Å². The van der Waals surface area contributed by atoms with E-state index in [1.54, 1.807) is 0 Å². The van der Waals surface area contributed by atoms with E-state index in [0.29, 0.717) is 32.7 Å². The Morgan fingerprint density at radius 1 is 1.54 bits per heavy atom. The van der Waals surface area contributed by atoms with E-state index in [-0.39, 0.29) is 5.75 Å². The molecule has 0 aromatic carbocycles. The first kappa shape index (κ1) is 11.1. The highest BCUT2D eigenvalue weighted by molar-refractivity contribution is 7.79. The number of ether oxygens (including phenoxy) is 2. The van der Waals surface area contributed by atoms with Crippen molar-refractivity contribution in [3.63, 3.8) is 0 Å². The predicted molar refractivity (Wildman–Crippen MR) is 50.0 cm³/mol. The van der Waals surface area contributed by atoms with Gasteiger partial charge in [-0.15, -0.1) is 0 Å². The molecule has 0 amide bonds. The molecule has 1 aliphatic rings. The third kappa shape index (κ3) is 3.34. The van der Waals surface area contributed by atoms with Crippen LogP contribution >= 0.6 is 0 Å². The van der Waals surface area contributed by atoms with E-state index in [0.717, 1.165) is 0 Å². The second-order valence-corrected chi connectivity index (χ2v) is 4.13. The molecule has 0 saturated carbocycles. The van der Waals surface area contributed by atoms with Crippen LogP contribution in [0.4, 0.5) is 0 Å². The monoisotopic (exact) mass is 208 g/mol. The van der Waals surface area contributed by atoms with Gasteiger partial charge in [-0.1, -0.05) is 0 Å². The van der Waals surface area contributed by atoms with Crippen LogP contribution in [0.5, 0.6) is 0 Å². The van der Waals surface area contributed by atoms with Crippen molar-refractivity contribution in [2.24, 2.45) is 0 Å². The molecule has 0 radical (unpaired) electrons. The molecule has 78 valence electrons. The Morgan fingerprint density at radius 2 is 2.15 bits per heavy atom. The van der Waals surface area contributed by atoms with E-state index in [1.165, 1.54) is 0 Å². The van der Waals surface area contributed by atoms with Gasteiger partial charge in [0.1, 0.15) is 0 Å². The van der Waals surface area contributed by atoms with Gasteiger partial charge in [0.25, 0.3) is 0 Å². The van der Waals surface area contributed by atoms with E-state index in [9.17, 15) is 4.21 Å². The van der Waals surface area contributed by atoms with E-state index in [2.05, 4.69) is 0 Å².